The third kappa shape index (κ3) is 3.97. The van der Waals surface area contributed by atoms with Crippen LogP contribution in [0, 0.1) is 6.92 Å². The predicted octanol–water partition coefficient (Wildman–Crippen LogP) is 3.11. The minimum Gasteiger partial charge on any atom is -0.380 e. The number of anilines is 1. The molecule has 2 rings (SSSR count). The van der Waals surface area contributed by atoms with Crippen LogP contribution in [0.4, 0.5) is 5.69 Å². The van der Waals surface area contributed by atoms with Gasteiger partial charge in [-0.25, -0.2) is 0 Å². The molecule has 3 heteroatoms. The van der Waals surface area contributed by atoms with E-state index in [4.69, 9.17) is 4.74 Å². The van der Waals surface area contributed by atoms with Crippen LogP contribution in [-0.4, -0.2) is 31.8 Å². The van der Waals surface area contributed by atoms with Crippen LogP contribution in [0.2, 0.25) is 0 Å². The summed E-state index contributed by atoms with van der Waals surface area (Å²) < 4.78 is 5.48. The lowest BCUT2D eigenvalue weighted by Gasteiger charge is -2.26. The molecule has 0 radical (unpaired) electrons. The average Bonchev–Trinajstić information content (AvgIpc) is 2.84. The van der Waals surface area contributed by atoms with Crippen LogP contribution in [0.5, 0.6) is 0 Å². The number of nitrogens with zero attached hydrogens (tertiary/aromatic N) is 1. The van der Waals surface area contributed by atoms with Gasteiger partial charge >= 0.3 is 0 Å². The molecule has 1 saturated heterocycles. The van der Waals surface area contributed by atoms with Gasteiger partial charge in [0.25, 0.3) is 0 Å². The van der Waals surface area contributed by atoms with E-state index >= 15 is 0 Å². The van der Waals surface area contributed by atoms with Crippen molar-refractivity contribution >= 4 is 5.69 Å². The van der Waals surface area contributed by atoms with Crippen molar-refractivity contribution in [3.8, 4) is 0 Å². The van der Waals surface area contributed by atoms with Gasteiger partial charge in [-0.1, -0.05) is 17.7 Å². The highest BCUT2D eigenvalue weighted by Gasteiger charge is 2.24. The fourth-order valence-corrected chi connectivity index (χ4v) is 2.66. The Kier molecular flexibility index (Phi) is 4.71. The average molecular weight is 276 g/mol. The van der Waals surface area contributed by atoms with Gasteiger partial charge in [0.15, 0.2) is 0 Å². The van der Waals surface area contributed by atoms with E-state index in [0.717, 1.165) is 26.1 Å². The minimum absolute atomic E-state index is 0.140. The Balaban J connectivity index is 2.16. The molecule has 3 nitrogen and oxygen atoms in total. The van der Waals surface area contributed by atoms with Crippen LogP contribution in [0.1, 0.15) is 38.3 Å². The molecule has 1 heterocycles. The second kappa shape index (κ2) is 6.15. The maximum Gasteiger partial charge on any atom is 0.0762 e. The standard InChI is InChI=1S/C17H28N2O/c1-13-6-7-16(19-9-8-15(12-19)20-5)14(10-13)11-18-17(2,3)4/h6-7,10,15,18H,8-9,11-12H2,1-5H3. The zero-order chi connectivity index (χ0) is 14.8. The maximum absolute atomic E-state index is 5.48. The molecular weight excluding hydrogens is 248 g/mol. The number of hydrogen-bond acceptors (Lipinski definition) is 3. The Bertz CT molecular complexity index is 451. The first-order valence-electron chi connectivity index (χ1n) is 7.51. The van der Waals surface area contributed by atoms with Crippen molar-refractivity contribution in [1.82, 2.24) is 5.32 Å². The van der Waals surface area contributed by atoms with E-state index in [2.05, 4.69) is 56.1 Å². The summed E-state index contributed by atoms with van der Waals surface area (Å²) in [5.74, 6) is 0. The number of rotatable bonds is 4. The van der Waals surface area contributed by atoms with Crippen molar-refractivity contribution in [1.29, 1.82) is 0 Å². The van der Waals surface area contributed by atoms with Gasteiger partial charge in [-0.3, -0.25) is 0 Å². The predicted molar refractivity (Wildman–Crippen MR) is 85.4 cm³/mol. The van der Waals surface area contributed by atoms with Gasteiger partial charge in [0, 0.05) is 38.0 Å². The van der Waals surface area contributed by atoms with Crippen LogP contribution in [0.25, 0.3) is 0 Å². The van der Waals surface area contributed by atoms with E-state index in [-0.39, 0.29) is 5.54 Å². The molecule has 1 aliphatic heterocycles. The molecule has 0 bridgehead atoms. The monoisotopic (exact) mass is 276 g/mol. The smallest absolute Gasteiger partial charge is 0.0762 e. The van der Waals surface area contributed by atoms with E-state index in [1.165, 1.54) is 16.8 Å². The molecule has 1 unspecified atom stereocenters. The van der Waals surface area contributed by atoms with Crippen molar-refractivity contribution in [3.63, 3.8) is 0 Å². The molecule has 0 spiro atoms. The van der Waals surface area contributed by atoms with E-state index in [1.807, 2.05) is 7.11 Å². The van der Waals surface area contributed by atoms with E-state index in [0.29, 0.717) is 6.10 Å². The van der Waals surface area contributed by atoms with Gasteiger partial charge < -0.3 is 15.0 Å². The van der Waals surface area contributed by atoms with Gasteiger partial charge in [-0.15, -0.1) is 0 Å². The first kappa shape index (κ1) is 15.3. The summed E-state index contributed by atoms with van der Waals surface area (Å²) in [7, 11) is 1.81. The maximum atomic E-state index is 5.48. The fourth-order valence-electron chi connectivity index (χ4n) is 2.66. The Morgan fingerprint density at radius 1 is 1.35 bits per heavy atom. The Morgan fingerprint density at radius 3 is 2.70 bits per heavy atom. The molecule has 20 heavy (non-hydrogen) atoms. The molecule has 1 aromatic carbocycles. The summed E-state index contributed by atoms with van der Waals surface area (Å²) in [6, 6.07) is 6.76. The number of hydrogen-bond donors (Lipinski definition) is 1. The van der Waals surface area contributed by atoms with Crippen molar-refractivity contribution in [2.24, 2.45) is 0 Å². The molecule has 1 N–H and O–H groups in total. The third-order valence-corrected chi connectivity index (χ3v) is 3.86. The Hall–Kier alpha value is -1.06. The summed E-state index contributed by atoms with van der Waals surface area (Å²) in [5.41, 5.74) is 4.20. The van der Waals surface area contributed by atoms with Crippen LogP contribution < -0.4 is 10.2 Å². The molecule has 112 valence electrons. The quantitative estimate of drug-likeness (QED) is 0.914. The summed E-state index contributed by atoms with van der Waals surface area (Å²) in [4.78, 5) is 2.45. The molecule has 1 atom stereocenters. The first-order chi connectivity index (χ1) is 9.39. The zero-order valence-electron chi connectivity index (χ0n) is 13.5. The van der Waals surface area contributed by atoms with Gasteiger partial charge in [-0.05, 0) is 45.7 Å². The van der Waals surface area contributed by atoms with Crippen LogP contribution in [0.3, 0.4) is 0 Å². The SMILES string of the molecule is COC1CCN(c2ccc(C)cc2CNC(C)(C)C)C1. The highest BCUT2D eigenvalue weighted by Crippen LogP contribution is 2.27. The molecule has 1 fully saturated rings. The van der Waals surface area contributed by atoms with Gasteiger partial charge in [0.1, 0.15) is 0 Å². The minimum atomic E-state index is 0.140. The molecule has 0 saturated carbocycles. The van der Waals surface area contributed by atoms with Crippen LogP contribution in [-0.2, 0) is 11.3 Å². The van der Waals surface area contributed by atoms with Crippen molar-refractivity contribution in [3.05, 3.63) is 29.3 Å². The number of aryl methyl sites for hydroxylation is 1. The zero-order valence-corrected chi connectivity index (χ0v) is 13.5. The number of nitrogens with one attached hydrogen (secondary N) is 1. The summed E-state index contributed by atoms with van der Waals surface area (Å²) in [5, 5.41) is 3.60. The molecule has 1 aromatic rings. The molecule has 0 aliphatic carbocycles. The lowest BCUT2D eigenvalue weighted by atomic mass is 10.1. The topological polar surface area (TPSA) is 24.5 Å². The van der Waals surface area contributed by atoms with Crippen molar-refractivity contribution < 1.29 is 4.74 Å². The normalized spacial score (nSPS) is 19.6. The van der Waals surface area contributed by atoms with Crippen LogP contribution in [0.15, 0.2) is 18.2 Å². The molecule has 0 aromatic heterocycles. The second-order valence-corrected chi connectivity index (χ2v) is 6.83. The lowest BCUT2D eigenvalue weighted by molar-refractivity contribution is 0.121. The second-order valence-electron chi connectivity index (χ2n) is 6.83. The number of benzene rings is 1. The Labute approximate surface area is 123 Å². The van der Waals surface area contributed by atoms with Crippen molar-refractivity contribution in [2.75, 3.05) is 25.1 Å². The molecule has 1 aliphatic rings. The summed E-state index contributed by atoms with van der Waals surface area (Å²) >= 11 is 0. The summed E-state index contributed by atoms with van der Waals surface area (Å²) in [6.07, 6.45) is 1.50. The fraction of sp³-hybridized carbons (Fsp3) is 0.647. The molecule has 0 amide bonds. The highest BCUT2D eigenvalue weighted by atomic mass is 16.5. The van der Waals surface area contributed by atoms with E-state index in [9.17, 15) is 0 Å². The highest BCUT2D eigenvalue weighted by molar-refractivity contribution is 5.56. The molecular formula is C17H28N2O. The lowest BCUT2D eigenvalue weighted by Crippen LogP contribution is -2.35. The largest absolute Gasteiger partial charge is 0.380 e. The number of methoxy groups -OCH3 is 1. The van der Waals surface area contributed by atoms with Gasteiger partial charge in [0.05, 0.1) is 6.10 Å². The van der Waals surface area contributed by atoms with Crippen molar-refractivity contribution in [2.45, 2.75) is 52.3 Å². The number of ether oxygens (including phenoxy) is 1. The summed E-state index contributed by atoms with van der Waals surface area (Å²) in [6.45, 7) is 11.8. The van der Waals surface area contributed by atoms with E-state index < -0.39 is 0 Å². The first-order valence-corrected chi connectivity index (χ1v) is 7.51. The van der Waals surface area contributed by atoms with Gasteiger partial charge in [-0.2, -0.15) is 0 Å². The third-order valence-electron chi connectivity index (χ3n) is 3.86. The Morgan fingerprint density at radius 2 is 2.10 bits per heavy atom. The van der Waals surface area contributed by atoms with Crippen LogP contribution >= 0.6 is 0 Å². The van der Waals surface area contributed by atoms with E-state index in [1.54, 1.807) is 0 Å². The van der Waals surface area contributed by atoms with Gasteiger partial charge in [0.2, 0.25) is 0 Å².